The van der Waals surface area contributed by atoms with Gasteiger partial charge in [-0.05, 0) is 39.1 Å². The predicted octanol–water partition coefficient (Wildman–Crippen LogP) is 0.813. The molecule has 0 bridgehead atoms. The standard InChI is InChI=1S/C12H21N3O3S/c1-14(2)11(12-6-5-9-18-12)10-13-19(16,17)15-7-3-4-8-15/h5-6,9,11,13H,3-4,7-8,10H2,1-2H3. The van der Waals surface area contributed by atoms with Crippen molar-refractivity contribution in [3.8, 4) is 0 Å². The summed E-state index contributed by atoms with van der Waals surface area (Å²) in [6, 6.07) is 3.56. The molecule has 0 radical (unpaired) electrons. The second-order valence-corrected chi connectivity index (χ2v) is 6.71. The molecule has 1 fully saturated rings. The largest absolute Gasteiger partial charge is 0.468 e. The molecule has 0 saturated carbocycles. The third-order valence-electron chi connectivity index (χ3n) is 3.36. The van der Waals surface area contributed by atoms with Crippen LogP contribution in [0.3, 0.4) is 0 Å². The smallest absolute Gasteiger partial charge is 0.279 e. The van der Waals surface area contributed by atoms with Crippen molar-refractivity contribution in [2.75, 3.05) is 33.7 Å². The van der Waals surface area contributed by atoms with Crippen LogP contribution in [0.25, 0.3) is 0 Å². The Morgan fingerprint density at radius 3 is 2.63 bits per heavy atom. The zero-order valence-electron chi connectivity index (χ0n) is 11.4. The van der Waals surface area contributed by atoms with E-state index in [1.807, 2.05) is 25.1 Å². The maximum absolute atomic E-state index is 12.1. The van der Waals surface area contributed by atoms with Crippen LogP contribution in [0.1, 0.15) is 24.6 Å². The second kappa shape index (κ2) is 6.04. The molecule has 0 aromatic carbocycles. The molecule has 2 rings (SSSR count). The van der Waals surface area contributed by atoms with Crippen molar-refractivity contribution in [3.63, 3.8) is 0 Å². The van der Waals surface area contributed by atoms with E-state index in [1.165, 1.54) is 4.31 Å². The summed E-state index contributed by atoms with van der Waals surface area (Å²) in [5.41, 5.74) is 0. The number of furan rings is 1. The third-order valence-corrected chi connectivity index (χ3v) is 4.94. The highest BCUT2D eigenvalue weighted by Gasteiger charge is 2.27. The van der Waals surface area contributed by atoms with Crippen LogP contribution in [-0.4, -0.2) is 51.4 Å². The van der Waals surface area contributed by atoms with E-state index in [2.05, 4.69) is 4.72 Å². The van der Waals surface area contributed by atoms with Gasteiger partial charge in [0, 0.05) is 19.6 Å². The minimum Gasteiger partial charge on any atom is -0.468 e. The Hall–Kier alpha value is -0.890. The van der Waals surface area contributed by atoms with Crippen LogP contribution < -0.4 is 4.72 Å². The van der Waals surface area contributed by atoms with Gasteiger partial charge in [-0.2, -0.15) is 12.7 Å². The number of hydrogen-bond donors (Lipinski definition) is 1. The van der Waals surface area contributed by atoms with Gasteiger partial charge in [0.25, 0.3) is 10.2 Å². The van der Waals surface area contributed by atoms with Crippen molar-refractivity contribution in [2.24, 2.45) is 0 Å². The molecule has 1 saturated heterocycles. The van der Waals surface area contributed by atoms with Crippen LogP contribution in [0, 0.1) is 0 Å². The van der Waals surface area contributed by atoms with E-state index < -0.39 is 10.2 Å². The van der Waals surface area contributed by atoms with E-state index in [0.29, 0.717) is 19.6 Å². The molecule has 1 N–H and O–H groups in total. The molecule has 1 aromatic rings. The van der Waals surface area contributed by atoms with Crippen molar-refractivity contribution in [1.82, 2.24) is 13.9 Å². The number of nitrogens with one attached hydrogen (secondary N) is 1. The Labute approximate surface area is 114 Å². The van der Waals surface area contributed by atoms with Gasteiger partial charge in [-0.15, -0.1) is 0 Å². The van der Waals surface area contributed by atoms with Crippen molar-refractivity contribution >= 4 is 10.2 Å². The molecule has 19 heavy (non-hydrogen) atoms. The third kappa shape index (κ3) is 3.56. The minimum atomic E-state index is -3.36. The Kier molecular flexibility index (Phi) is 4.62. The van der Waals surface area contributed by atoms with Crippen molar-refractivity contribution in [1.29, 1.82) is 0 Å². The summed E-state index contributed by atoms with van der Waals surface area (Å²) in [7, 11) is 0.436. The van der Waals surface area contributed by atoms with Crippen LogP contribution >= 0.6 is 0 Å². The molecule has 0 amide bonds. The summed E-state index contributed by atoms with van der Waals surface area (Å²) >= 11 is 0. The Morgan fingerprint density at radius 1 is 1.42 bits per heavy atom. The highest BCUT2D eigenvalue weighted by molar-refractivity contribution is 7.87. The Balaban J connectivity index is 1.99. The van der Waals surface area contributed by atoms with Crippen molar-refractivity contribution in [2.45, 2.75) is 18.9 Å². The lowest BCUT2D eigenvalue weighted by Crippen LogP contribution is -2.42. The van der Waals surface area contributed by atoms with Crippen molar-refractivity contribution in [3.05, 3.63) is 24.2 Å². The predicted molar refractivity (Wildman–Crippen MR) is 72.9 cm³/mol. The fourth-order valence-corrected chi connectivity index (χ4v) is 3.51. The molecular weight excluding hydrogens is 266 g/mol. The van der Waals surface area contributed by atoms with E-state index >= 15 is 0 Å². The molecule has 0 spiro atoms. The van der Waals surface area contributed by atoms with Crippen LogP contribution in [-0.2, 0) is 10.2 Å². The minimum absolute atomic E-state index is 0.104. The van der Waals surface area contributed by atoms with Crippen LogP contribution in [0.2, 0.25) is 0 Å². The summed E-state index contributed by atoms with van der Waals surface area (Å²) in [4.78, 5) is 1.94. The Bertz CT molecular complexity index is 478. The summed E-state index contributed by atoms with van der Waals surface area (Å²) in [5, 5.41) is 0. The van der Waals surface area contributed by atoms with Crippen LogP contribution in [0.4, 0.5) is 0 Å². The van der Waals surface area contributed by atoms with Gasteiger partial charge in [-0.1, -0.05) is 0 Å². The molecule has 108 valence electrons. The summed E-state index contributed by atoms with van der Waals surface area (Å²) in [5.74, 6) is 0.758. The molecular formula is C12H21N3O3S. The quantitative estimate of drug-likeness (QED) is 0.841. The van der Waals surface area contributed by atoms with Gasteiger partial charge >= 0.3 is 0 Å². The second-order valence-electron chi connectivity index (χ2n) is 4.95. The zero-order chi connectivity index (χ0) is 13.9. The lowest BCUT2D eigenvalue weighted by molar-refractivity contribution is 0.258. The lowest BCUT2D eigenvalue weighted by Gasteiger charge is -2.24. The highest BCUT2D eigenvalue weighted by atomic mass is 32.2. The van der Waals surface area contributed by atoms with Crippen LogP contribution in [0.5, 0.6) is 0 Å². The topological polar surface area (TPSA) is 65.8 Å². The summed E-state index contributed by atoms with van der Waals surface area (Å²) < 4.78 is 33.7. The van der Waals surface area contributed by atoms with E-state index in [9.17, 15) is 8.42 Å². The molecule has 1 aromatic heterocycles. The summed E-state index contributed by atoms with van der Waals surface area (Å²) in [6.45, 7) is 1.53. The molecule has 0 aliphatic carbocycles. The molecule has 1 aliphatic rings. The van der Waals surface area contributed by atoms with Crippen LogP contribution in [0.15, 0.2) is 22.8 Å². The van der Waals surface area contributed by atoms with E-state index in [1.54, 1.807) is 12.3 Å². The highest BCUT2D eigenvalue weighted by Crippen LogP contribution is 2.18. The maximum Gasteiger partial charge on any atom is 0.279 e. The van der Waals surface area contributed by atoms with Gasteiger partial charge in [0.15, 0.2) is 0 Å². The first kappa shape index (κ1) is 14.5. The molecule has 7 heteroatoms. The van der Waals surface area contributed by atoms with E-state index in [-0.39, 0.29) is 6.04 Å². The fourth-order valence-electron chi connectivity index (χ4n) is 2.22. The van der Waals surface area contributed by atoms with Crippen molar-refractivity contribution < 1.29 is 12.8 Å². The molecule has 2 heterocycles. The lowest BCUT2D eigenvalue weighted by atomic mass is 10.2. The average molecular weight is 287 g/mol. The fraction of sp³-hybridized carbons (Fsp3) is 0.667. The monoisotopic (exact) mass is 287 g/mol. The van der Waals surface area contributed by atoms with E-state index in [0.717, 1.165) is 18.6 Å². The van der Waals surface area contributed by atoms with E-state index in [4.69, 9.17) is 4.42 Å². The maximum atomic E-state index is 12.1. The average Bonchev–Trinajstić information content (AvgIpc) is 3.02. The first-order valence-electron chi connectivity index (χ1n) is 6.45. The van der Waals surface area contributed by atoms with Gasteiger partial charge in [-0.25, -0.2) is 4.72 Å². The summed E-state index contributed by atoms with van der Waals surface area (Å²) in [6.07, 6.45) is 3.48. The molecule has 1 unspecified atom stereocenters. The van der Waals surface area contributed by atoms with Gasteiger partial charge in [0.2, 0.25) is 0 Å². The van der Waals surface area contributed by atoms with Gasteiger partial charge in [0.1, 0.15) is 5.76 Å². The molecule has 6 nitrogen and oxygen atoms in total. The normalized spacial score (nSPS) is 19.1. The van der Waals surface area contributed by atoms with Gasteiger partial charge in [-0.3, -0.25) is 4.90 Å². The first-order valence-corrected chi connectivity index (χ1v) is 7.89. The van der Waals surface area contributed by atoms with Gasteiger partial charge in [0.05, 0.1) is 12.3 Å². The SMILES string of the molecule is CN(C)C(CNS(=O)(=O)N1CCCC1)c1ccco1. The number of rotatable bonds is 6. The zero-order valence-corrected chi connectivity index (χ0v) is 12.2. The first-order chi connectivity index (χ1) is 9.00. The van der Waals surface area contributed by atoms with Gasteiger partial charge < -0.3 is 4.42 Å². The molecule has 1 atom stereocenters. The number of likely N-dealkylation sites (N-methyl/N-ethyl adjacent to an activating group) is 1. The Morgan fingerprint density at radius 2 is 2.11 bits per heavy atom. The number of hydrogen-bond acceptors (Lipinski definition) is 4. The number of nitrogens with zero attached hydrogens (tertiary/aromatic N) is 2. The molecule has 1 aliphatic heterocycles.